The number of aromatic nitrogens is 3. The van der Waals surface area contributed by atoms with E-state index in [1.54, 1.807) is 26.0 Å². The number of aromatic amines is 1. The third-order valence-electron chi connectivity index (χ3n) is 4.35. The Morgan fingerprint density at radius 2 is 1.62 bits per heavy atom. The van der Waals surface area contributed by atoms with Crippen molar-refractivity contribution >= 4 is 11.8 Å². The molecule has 2 rings (SSSR count). The molecule has 0 fully saturated rings. The van der Waals surface area contributed by atoms with E-state index in [-0.39, 0.29) is 0 Å². The third kappa shape index (κ3) is 6.56. The molecule has 2 aromatic rings. The average Bonchev–Trinajstić information content (AvgIpc) is 3.15. The maximum absolute atomic E-state index is 5.35. The molecule has 0 spiro atoms. The molecule has 0 saturated carbocycles. The van der Waals surface area contributed by atoms with E-state index in [2.05, 4.69) is 22.1 Å². The first-order valence-corrected chi connectivity index (χ1v) is 10.5. The molecule has 0 aliphatic rings. The summed E-state index contributed by atoms with van der Waals surface area (Å²) in [7, 11) is 3.26. The van der Waals surface area contributed by atoms with Gasteiger partial charge in [-0.15, -0.1) is 5.10 Å². The van der Waals surface area contributed by atoms with E-state index in [1.807, 2.05) is 18.2 Å². The van der Waals surface area contributed by atoms with Crippen LogP contribution in [0.4, 0.5) is 0 Å². The van der Waals surface area contributed by atoms with Crippen LogP contribution < -0.4 is 9.47 Å². The zero-order chi connectivity index (χ0) is 18.6. The first kappa shape index (κ1) is 20.6. The number of methoxy groups -OCH3 is 2. The number of nitrogens with one attached hydrogen (secondary N) is 1. The molecule has 0 aliphatic heterocycles. The lowest BCUT2D eigenvalue weighted by atomic mass is 10.1. The average molecular weight is 378 g/mol. The van der Waals surface area contributed by atoms with E-state index in [0.29, 0.717) is 11.5 Å². The number of hydrogen-bond acceptors (Lipinski definition) is 5. The van der Waals surface area contributed by atoms with Crippen molar-refractivity contribution in [1.82, 2.24) is 15.2 Å². The maximum Gasteiger partial charge on any atom is 0.208 e. The van der Waals surface area contributed by atoms with Gasteiger partial charge < -0.3 is 9.47 Å². The quantitative estimate of drug-likeness (QED) is 0.357. The zero-order valence-electron chi connectivity index (χ0n) is 16.2. The fourth-order valence-electron chi connectivity index (χ4n) is 2.82. The Bertz CT molecular complexity index is 646. The number of hydrogen-bond donors (Lipinski definition) is 1. The molecule has 1 N–H and O–H groups in total. The second-order valence-corrected chi connectivity index (χ2v) is 7.42. The van der Waals surface area contributed by atoms with Crippen molar-refractivity contribution in [3.63, 3.8) is 0 Å². The molecule has 1 aromatic heterocycles. The van der Waals surface area contributed by atoms with Gasteiger partial charge in [0, 0.05) is 11.3 Å². The summed E-state index contributed by atoms with van der Waals surface area (Å²) < 4.78 is 10.6. The van der Waals surface area contributed by atoms with Crippen LogP contribution in [0.15, 0.2) is 23.4 Å². The highest BCUT2D eigenvalue weighted by molar-refractivity contribution is 7.99. The molecule has 0 bridgehead atoms. The molecular weight excluding hydrogens is 346 g/mol. The van der Waals surface area contributed by atoms with E-state index >= 15 is 0 Å². The van der Waals surface area contributed by atoms with E-state index in [0.717, 1.165) is 22.3 Å². The van der Waals surface area contributed by atoms with Gasteiger partial charge >= 0.3 is 0 Å². The molecule has 5 nitrogen and oxygen atoms in total. The van der Waals surface area contributed by atoms with Crippen LogP contribution in [0.25, 0.3) is 11.4 Å². The van der Waals surface area contributed by atoms with Crippen LogP contribution in [-0.2, 0) is 0 Å². The van der Waals surface area contributed by atoms with Crippen LogP contribution in [0, 0.1) is 0 Å². The molecule has 6 heteroatoms. The van der Waals surface area contributed by atoms with Crippen molar-refractivity contribution in [2.24, 2.45) is 0 Å². The summed E-state index contributed by atoms with van der Waals surface area (Å²) in [5.41, 5.74) is 0.939. The maximum atomic E-state index is 5.35. The van der Waals surface area contributed by atoms with Crippen molar-refractivity contribution in [2.75, 3.05) is 20.0 Å². The fourth-order valence-corrected chi connectivity index (χ4v) is 3.62. The van der Waals surface area contributed by atoms with E-state index in [9.17, 15) is 0 Å². The Morgan fingerprint density at radius 1 is 0.923 bits per heavy atom. The lowest BCUT2D eigenvalue weighted by Crippen LogP contribution is -1.91. The van der Waals surface area contributed by atoms with Crippen molar-refractivity contribution < 1.29 is 9.47 Å². The Balaban J connectivity index is 1.73. The van der Waals surface area contributed by atoms with Gasteiger partial charge in [0.15, 0.2) is 17.3 Å². The van der Waals surface area contributed by atoms with Gasteiger partial charge in [0.05, 0.1) is 14.2 Å². The monoisotopic (exact) mass is 377 g/mol. The number of benzene rings is 1. The number of H-pyrrole nitrogens is 1. The molecular formula is C20H31N3O2S. The van der Waals surface area contributed by atoms with Gasteiger partial charge in [0.2, 0.25) is 5.16 Å². The number of thioether (sulfide) groups is 1. The van der Waals surface area contributed by atoms with Gasteiger partial charge in [-0.25, -0.2) is 4.98 Å². The summed E-state index contributed by atoms with van der Waals surface area (Å²) in [6, 6.07) is 5.74. The number of ether oxygens (including phenoxy) is 2. The van der Waals surface area contributed by atoms with Crippen molar-refractivity contribution in [1.29, 1.82) is 0 Å². The SMILES string of the molecule is CCCCCCCCCCSc1n[nH]c(-c2ccc(OC)c(OC)c2)n1. The molecule has 0 unspecified atom stereocenters. The standard InChI is InChI=1S/C20H31N3O2S/c1-4-5-6-7-8-9-10-11-14-26-20-21-19(22-23-20)16-12-13-17(24-2)18(15-16)25-3/h12-13,15H,4-11,14H2,1-3H3,(H,21,22,23). The van der Waals surface area contributed by atoms with Crippen molar-refractivity contribution in [2.45, 2.75) is 63.4 Å². The number of unbranched alkanes of at least 4 members (excludes halogenated alkanes) is 7. The molecule has 0 aliphatic carbocycles. The fraction of sp³-hybridized carbons (Fsp3) is 0.600. The Morgan fingerprint density at radius 3 is 2.31 bits per heavy atom. The van der Waals surface area contributed by atoms with Crippen LogP contribution in [0.1, 0.15) is 58.3 Å². The molecule has 0 saturated heterocycles. The smallest absolute Gasteiger partial charge is 0.208 e. The van der Waals surface area contributed by atoms with Crippen LogP contribution in [0.3, 0.4) is 0 Å². The first-order chi connectivity index (χ1) is 12.8. The van der Waals surface area contributed by atoms with Gasteiger partial charge in [0.25, 0.3) is 0 Å². The van der Waals surface area contributed by atoms with Crippen LogP contribution in [0.2, 0.25) is 0 Å². The minimum absolute atomic E-state index is 0.689. The second-order valence-electron chi connectivity index (χ2n) is 6.36. The third-order valence-corrected chi connectivity index (χ3v) is 5.28. The molecule has 1 heterocycles. The minimum atomic E-state index is 0.689. The van der Waals surface area contributed by atoms with Gasteiger partial charge in [-0.1, -0.05) is 63.6 Å². The van der Waals surface area contributed by atoms with Crippen LogP contribution in [0.5, 0.6) is 11.5 Å². The molecule has 144 valence electrons. The van der Waals surface area contributed by atoms with Gasteiger partial charge in [-0.05, 0) is 24.6 Å². The highest BCUT2D eigenvalue weighted by Gasteiger charge is 2.10. The van der Waals surface area contributed by atoms with E-state index < -0.39 is 0 Å². The lowest BCUT2D eigenvalue weighted by Gasteiger charge is -2.07. The zero-order valence-corrected chi connectivity index (χ0v) is 17.0. The molecule has 0 radical (unpaired) electrons. The van der Waals surface area contributed by atoms with Gasteiger partial charge in [0.1, 0.15) is 0 Å². The topological polar surface area (TPSA) is 60.0 Å². The summed E-state index contributed by atoms with van der Waals surface area (Å²) >= 11 is 1.72. The summed E-state index contributed by atoms with van der Waals surface area (Å²) in [5.74, 6) is 3.22. The number of nitrogens with zero attached hydrogens (tertiary/aromatic N) is 2. The molecule has 0 amide bonds. The van der Waals surface area contributed by atoms with Crippen LogP contribution >= 0.6 is 11.8 Å². The summed E-state index contributed by atoms with van der Waals surface area (Å²) in [6.07, 6.45) is 10.7. The summed E-state index contributed by atoms with van der Waals surface area (Å²) in [5, 5.41) is 8.13. The van der Waals surface area contributed by atoms with E-state index in [1.165, 1.54) is 51.4 Å². The van der Waals surface area contributed by atoms with Crippen LogP contribution in [-0.4, -0.2) is 35.2 Å². The lowest BCUT2D eigenvalue weighted by molar-refractivity contribution is 0.355. The second kappa shape index (κ2) is 11.8. The largest absolute Gasteiger partial charge is 0.493 e. The van der Waals surface area contributed by atoms with Gasteiger partial charge in [-0.3, -0.25) is 5.10 Å². The van der Waals surface area contributed by atoms with Crippen molar-refractivity contribution in [3.05, 3.63) is 18.2 Å². The van der Waals surface area contributed by atoms with Gasteiger partial charge in [-0.2, -0.15) is 0 Å². The Hall–Kier alpha value is -1.69. The predicted octanol–water partition coefficient (Wildman–Crippen LogP) is 5.72. The Kier molecular flexibility index (Phi) is 9.39. The highest BCUT2D eigenvalue weighted by atomic mass is 32.2. The number of rotatable bonds is 13. The van der Waals surface area contributed by atoms with E-state index in [4.69, 9.17) is 9.47 Å². The predicted molar refractivity (Wildman–Crippen MR) is 108 cm³/mol. The Labute approximate surface area is 161 Å². The highest BCUT2D eigenvalue weighted by Crippen LogP contribution is 2.31. The first-order valence-electron chi connectivity index (χ1n) is 9.56. The summed E-state index contributed by atoms with van der Waals surface area (Å²) in [6.45, 7) is 2.26. The summed E-state index contributed by atoms with van der Waals surface area (Å²) in [4.78, 5) is 4.58. The molecule has 1 aromatic carbocycles. The van der Waals surface area contributed by atoms with Crippen molar-refractivity contribution in [3.8, 4) is 22.9 Å². The molecule has 26 heavy (non-hydrogen) atoms. The normalized spacial score (nSPS) is 10.9. The minimum Gasteiger partial charge on any atom is -0.493 e. The molecule has 0 atom stereocenters.